The summed E-state index contributed by atoms with van der Waals surface area (Å²) in [6.07, 6.45) is 5.67. The van der Waals surface area contributed by atoms with Gasteiger partial charge in [0.15, 0.2) is 17.3 Å². The largest absolute Gasteiger partial charge is 0.493 e. The van der Waals surface area contributed by atoms with Crippen LogP contribution in [-0.4, -0.2) is 62.8 Å². The van der Waals surface area contributed by atoms with Crippen molar-refractivity contribution in [3.05, 3.63) is 71.8 Å². The van der Waals surface area contributed by atoms with Crippen LogP contribution in [0.1, 0.15) is 62.9 Å². The first-order valence-corrected chi connectivity index (χ1v) is 15.2. The van der Waals surface area contributed by atoms with Crippen LogP contribution in [0, 0.1) is 23.7 Å². The molecule has 3 atom stereocenters. The number of Topliss-reactive ketones (excluding diaryl/α,β-unsaturated/α-hetero) is 1. The second-order valence-electron chi connectivity index (χ2n) is 11.7. The van der Waals surface area contributed by atoms with E-state index >= 15 is 0 Å². The number of hydrogen-bond donors (Lipinski definition) is 0. The molecule has 3 rings (SSSR count). The van der Waals surface area contributed by atoms with E-state index in [1.165, 1.54) is 4.90 Å². The van der Waals surface area contributed by atoms with Crippen LogP contribution >= 0.6 is 0 Å². The molecule has 8 nitrogen and oxygen atoms in total. The molecule has 0 bridgehead atoms. The number of ether oxygens (including phenoxy) is 4. The number of amides is 2. The van der Waals surface area contributed by atoms with Gasteiger partial charge < -0.3 is 18.9 Å². The number of ketones is 1. The summed E-state index contributed by atoms with van der Waals surface area (Å²) in [7, 11) is 3.22. The van der Waals surface area contributed by atoms with Crippen LogP contribution in [0.4, 0.5) is 4.79 Å². The van der Waals surface area contributed by atoms with Crippen molar-refractivity contribution >= 4 is 17.8 Å². The second-order valence-corrected chi connectivity index (χ2v) is 11.7. The lowest BCUT2D eigenvalue weighted by atomic mass is 9.84. The number of cyclic esters (lactones) is 1. The van der Waals surface area contributed by atoms with E-state index < -0.39 is 6.09 Å². The lowest BCUT2D eigenvalue weighted by Crippen LogP contribution is -2.44. The van der Waals surface area contributed by atoms with Gasteiger partial charge in [-0.1, -0.05) is 70.2 Å². The smallest absolute Gasteiger partial charge is 0.416 e. The molecule has 0 saturated carbocycles. The standard InChI is InChI=1S/C35H47NO7/c1-24(2)29(33(37)27-17-18-31(41-6)32(22-27)42-20-12-19-40-5)15-10-11-16-30(25(3)4)34(38)36-28(23-43-35(36)39)21-26-13-8-7-9-14-26/h7-11,13-14,17-18,22,24-25,28-30H,12,15-16,19-21,23H2,1-6H3/b11-10+/t28-,29?,30?/m0/s1. The van der Waals surface area contributed by atoms with E-state index in [2.05, 4.69) is 0 Å². The minimum atomic E-state index is -0.576. The first-order chi connectivity index (χ1) is 20.7. The molecule has 1 heterocycles. The Morgan fingerprint density at radius 2 is 1.60 bits per heavy atom. The number of carbonyl (C=O) groups is 3. The number of carbonyl (C=O) groups excluding carboxylic acids is 3. The fourth-order valence-corrected chi connectivity index (χ4v) is 5.31. The minimum Gasteiger partial charge on any atom is -0.493 e. The number of hydrogen-bond acceptors (Lipinski definition) is 7. The van der Waals surface area contributed by atoms with Gasteiger partial charge in [0.05, 0.1) is 19.8 Å². The van der Waals surface area contributed by atoms with E-state index in [4.69, 9.17) is 18.9 Å². The molecular formula is C35H47NO7. The first kappa shape index (κ1) is 33.8. The van der Waals surface area contributed by atoms with E-state index in [1.807, 2.05) is 70.2 Å². The lowest BCUT2D eigenvalue weighted by Gasteiger charge is -2.26. The Kier molecular flexibility index (Phi) is 13.3. The number of imide groups is 1. The van der Waals surface area contributed by atoms with Gasteiger partial charge >= 0.3 is 6.09 Å². The lowest BCUT2D eigenvalue weighted by molar-refractivity contribution is -0.134. The van der Waals surface area contributed by atoms with Gasteiger partial charge in [-0.05, 0) is 54.9 Å². The summed E-state index contributed by atoms with van der Waals surface area (Å²) in [5.41, 5.74) is 1.62. The molecule has 0 spiro atoms. The maximum Gasteiger partial charge on any atom is 0.416 e. The predicted molar refractivity (Wildman–Crippen MR) is 166 cm³/mol. The number of benzene rings is 2. The molecule has 2 aromatic carbocycles. The van der Waals surface area contributed by atoms with Gasteiger partial charge in [-0.3, -0.25) is 9.59 Å². The Morgan fingerprint density at radius 3 is 2.23 bits per heavy atom. The van der Waals surface area contributed by atoms with Crippen LogP contribution in [0.3, 0.4) is 0 Å². The van der Waals surface area contributed by atoms with Gasteiger partial charge in [-0.15, -0.1) is 0 Å². The van der Waals surface area contributed by atoms with E-state index in [0.717, 1.165) is 12.0 Å². The third kappa shape index (κ3) is 9.42. The molecule has 8 heteroatoms. The van der Waals surface area contributed by atoms with Crippen molar-refractivity contribution in [1.82, 2.24) is 4.90 Å². The SMILES string of the molecule is COCCCOc1cc(C(=O)C(C/C=C/CC(C(=O)N2C(=O)OC[C@@H]2Cc2ccccc2)C(C)C)C(C)C)ccc1OC. The maximum atomic E-state index is 13.6. The summed E-state index contributed by atoms with van der Waals surface area (Å²) in [6, 6.07) is 14.8. The first-order valence-electron chi connectivity index (χ1n) is 15.2. The molecule has 43 heavy (non-hydrogen) atoms. The zero-order valence-electron chi connectivity index (χ0n) is 26.4. The van der Waals surface area contributed by atoms with Gasteiger partial charge in [0.2, 0.25) is 5.91 Å². The zero-order chi connectivity index (χ0) is 31.4. The van der Waals surface area contributed by atoms with Crippen molar-refractivity contribution in [3.8, 4) is 11.5 Å². The molecule has 1 aliphatic rings. The molecule has 0 N–H and O–H groups in total. The Morgan fingerprint density at radius 1 is 0.930 bits per heavy atom. The van der Waals surface area contributed by atoms with Crippen LogP contribution in [0.2, 0.25) is 0 Å². The number of allylic oxidation sites excluding steroid dienone is 2. The monoisotopic (exact) mass is 593 g/mol. The summed E-state index contributed by atoms with van der Waals surface area (Å²) in [6.45, 7) is 9.29. The summed E-state index contributed by atoms with van der Waals surface area (Å²) in [4.78, 5) is 41.1. The Hall–Kier alpha value is -3.65. The van der Waals surface area contributed by atoms with Crippen LogP contribution in [0.25, 0.3) is 0 Å². The quantitative estimate of drug-likeness (QED) is 0.114. The Balaban J connectivity index is 1.67. The maximum absolute atomic E-state index is 13.6. The zero-order valence-corrected chi connectivity index (χ0v) is 26.4. The number of rotatable bonds is 17. The van der Waals surface area contributed by atoms with Crippen molar-refractivity contribution in [2.75, 3.05) is 34.0 Å². The van der Waals surface area contributed by atoms with Crippen molar-refractivity contribution < 1.29 is 33.3 Å². The third-order valence-electron chi connectivity index (χ3n) is 7.92. The van der Waals surface area contributed by atoms with Crippen LogP contribution < -0.4 is 9.47 Å². The Bertz CT molecular complexity index is 1220. The Labute approximate surface area is 256 Å². The minimum absolute atomic E-state index is 0.0204. The highest BCUT2D eigenvalue weighted by Crippen LogP contribution is 2.31. The molecule has 2 amide bonds. The van der Waals surface area contributed by atoms with Crippen molar-refractivity contribution in [3.63, 3.8) is 0 Å². The van der Waals surface area contributed by atoms with Crippen LogP contribution in [0.5, 0.6) is 11.5 Å². The average molecular weight is 594 g/mol. The van der Waals surface area contributed by atoms with E-state index in [0.29, 0.717) is 49.5 Å². The molecular weight excluding hydrogens is 546 g/mol. The van der Waals surface area contributed by atoms with E-state index in [9.17, 15) is 14.4 Å². The van der Waals surface area contributed by atoms with Gasteiger partial charge in [0.25, 0.3) is 0 Å². The molecule has 0 radical (unpaired) electrons. The molecule has 0 aromatic heterocycles. The molecule has 1 aliphatic heterocycles. The van der Waals surface area contributed by atoms with E-state index in [-0.39, 0.29) is 48.0 Å². The molecule has 0 aliphatic carbocycles. The van der Waals surface area contributed by atoms with Gasteiger partial charge in [-0.2, -0.15) is 0 Å². The van der Waals surface area contributed by atoms with Gasteiger partial charge in [0.1, 0.15) is 6.61 Å². The molecule has 2 aromatic rings. The van der Waals surface area contributed by atoms with Gasteiger partial charge in [0, 0.05) is 37.5 Å². The van der Waals surface area contributed by atoms with Crippen molar-refractivity contribution in [2.24, 2.45) is 23.7 Å². The molecule has 234 valence electrons. The number of methoxy groups -OCH3 is 2. The van der Waals surface area contributed by atoms with Crippen molar-refractivity contribution in [2.45, 2.75) is 59.4 Å². The average Bonchev–Trinajstić information content (AvgIpc) is 3.35. The molecule has 1 saturated heterocycles. The molecule has 1 fully saturated rings. The van der Waals surface area contributed by atoms with Crippen LogP contribution in [0.15, 0.2) is 60.7 Å². The second kappa shape index (κ2) is 16.8. The highest BCUT2D eigenvalue weighted by molar-refractivity contribution is 5.98. The van der Waals surface area contributed by atoms with Crippen molar-refractivity contribution in [1.29, 1.82) is 0 Å². The third-order valence-corrected chi connectivity index (χ3v) is 7.92. The highest BCUT2D eigenvalue weighted by atomic mass is 16.6. The summed E-state index contributed by atoms with van der Waals surface area (Å²) >= 11 is 0. The fourth-order valence-electron chi connectivity index (χ4n) is 5.31. The molecule has 2 unspecified atom stereocenters. The predicted octanol–water partition coefficient (Wildman–Crippen LogP) is 6.76. The number of nitrogens with zero attached hydrogens (tertiary/aromatic N) is 1. The van der Waals surface area contributed by atoms with Crippen LogP contribution in [-0.2, 0) is 20.7 Å². The van der Waals surface area contributed by atoms with E-state index in [1.54, 1.807) is 32.4 Å². The summed E-state index contributed by atoms with van der Waals surface area (Å²) in [5, 5.41) is 0. The highest BCUT2D eigenvalue weighted by Gasteiger charge is 2.41. The topological polar surface area (TPSA) is 91.4 Å². The normalized spacial score (nSPS) is 16.5. The summed E-state index contributed by atoms with van der Waals surface area (Å²) < 4.78 is 21.7. The fraction of sp³-hybridized carbons (Fsp3) is 0.514. The summed E-state index contributed by atoms with van der Waals surface area (Å²) in [5.74, 6) is 0.424. The van der Waals surface area contributed by atoms with Gasteiger partial charge in [-0.25, -0.2) is 9.69 Å².